The van der Waals surface area contributed by atoms with Gasteiger partial charge in [0.25, 0.3) is 0 Å². The normalized spacial score (nSPS) is 17.8. The SMILES string of the molecule is COc1cccc(C[C@@H](NC(C)=O)C(=O)NC2CCN(C(=O)C3CC3)CC2)c1OC. The van der Waals surface area contributed by atoms with Crippen LogP contribution in [0.4, 0.5) is 0 Å². The van der Waals surface area contributed by atoms with Crippen molar-refractivity contribution in [3.05, 3.63) is 23.8 Å². The van der Waals surface area contributed by atoms with Crippen molar-refractivity contribution in [2.24, 2.45) is 5.92 Å². The topological polar surface area (TPSA) is 97.0 Å². The number of nitrogens with one attached hydrogen (secondary N) is 2. The Bertz CT molecular complexity index is 785. The van der Waals surface area contributed by atoms with Crippen LogP contribution in [0.5, 0.6) is 11.5 Å². The highest BCUT2D eigenvalue weighted by Crippen LogP contribution is 2.32. The van der Waals surface area contributed by atoms with Crippen molar-refractivity contribution in [2.75, 3.05) is 27.3 Å². The van der Waals surface area contributed by atoms with Crippen LogP contribution in [0.3, 0.4) is 0 Å². The summed E-state index contributed by atoms with van der Waals surface area (Å²) in [7, 11) is 3.10. The molecule has 0 radical (unpaired) electrons. The molecule has 2 N–H and O–H groups in total. The van der Waals surface area contributed by atoms with E-state index in [1.165, 1.54) is 6.92 Å². The first-order valence-electron chi connectivity index (χ1n) is 10.5. The zero-order valence-corrected chi connectivity index (χ0v) is 17.9. The zero-order valence-electron chi connectivity index (χ0n) is 17.9. The molecule has 164 valence electrons. The summed E-state index contributed by atoms with van der Waals surface area (Å²) >= 11 is 0. The number of benzene rings is 1. The second-order valence-electron chi connectivity index (χ2n) is 7.99. The Hall–Kier alpha value is -2.77. The lowest BCUT2D eigenvalue weighted by Gasteiger charge is -2.33. The number of methoxy groups -OCH3 is 2. The summed E-state index contributed by atoms with van der Waals surface area (Å²) in [5.74, 6) is 1.09. The molecule has 1 atom stereocenters. The summed E-state index contributed by atoms with van der Waals surface area (Å²) in [6, 6.07) is 4.73. The number of hydrogen-bond donors (Lipinski definition) is 2. The van der Waals surface area contributed by atoms with Crippen LogP contribution < -0.4 is 20.1 Å². The maximum absolute atomic E-state index is 13.0. The Labute approximate surface area is 177 Å². The van der Waals surface area contributed by atoms with E-state index in [1.54, 1.807) is 20.3 Å². The summed E-state index contributed by atoms with van der Waals surface area (Å²) in [4.78, 5) is 38.8. The molecule has 3 rings (SSSR count). The first kappa shape index (κ1) is 21.9. The Kier molecular flexibility index (Phi) is 7.18. The van der Waals surface area contributed by atoms with Crippen molar-refractivity contribution in [3.63, 3.8) is 0 Å². The molecule has 1 saturated carbocycles. The fourth-order valence-electron chi connectivity index (χ4n) is 3.92. The molecule has 0 unspecified atom stereocenters. The number of para-hydroxylation sites is 1. The van der Waals surface area contributed by atoms with E-state index in [9.17, 15) is 14.4 Å². The van der Waals surface area contributed by atoms with E-state index in [-0.39, 0.29) is 36.1 Å². The first-order chi connectivity index (χ1) is 14.4. The number of ether oxygens (including phenoxy) is 2. The molecule has 0 bridgehead atoms. The lowest BCUT2D eigenvalue weighted by atomic mass is 10.0. The molecule has 8 heteroatoms. The van der Waals surface area contributed by atoms with Crippen LogP contribution in [-0.4, -0.2) is 62.0 Å². The Morgan fingerprint density at radius 2 is 1.80 bits per heavy atom. The Morgan fingerprint density at radius 3 is 2.37 bits per heavy atom. The highest BCUT2D eigenvalue weighted by atomic mass is 16.5. The third-order valence-electron chi connectivity index (χ3n) is 5.68. The predicted molar refractivity (Wildman–Crippen MR) is 111 cm³/mol. The van der Waals surface area contributed by atoms with Crippen LogP contribution in [0.15, 0.2) is 18.2 Å². The molecule has 0 spiro atoms. The summed E-state index contributed by atoms with van der Waals surface area (Å²) < 4.78 is 10.8. The lowest BCUT2D eigenvalue weighted by Crippen LogP contribution is -2.53. The maximum atomic E-state index is 13.0. The van der Waals surface area contributed by atoms with Crippen molar-refractivity contribution in [1.82, 2.24) is 15.5 Å². The van der Waals surface area contributed by atoms with Crippen molar-refractivity contribution >= 4 is 17.7 Å². The molecule has 1 aromatic rings. The van der Waals surface area contributed by atoms with E-state index in [0.717, 1.165) is 31.2 Å². The number of rotatable bonds is 8. The quantitative estimate of drug-likeness (QED) is 0.664. The number of piperidine rings is 1. The predicted octanol–water partition coefficient (Wildman–Crippen LogP) is 1.27. The molecular weight excluding hydrogens is 386 g/mol. The van der Waals surface area contributed by atoms with E-state index in [1.807, 2.05) is 17.0 Å². The number of carbonyl (C=O) groups is 3. The van der Waals surface area contributed by atoms with Gasteiger partial charge in [0.05, 0.1) is 14.2 Å². The molecule has 2 aliphatic rings. The first-order valence-corrected chi connectivity index (χ1v) is 10.5. The monoisotopic (exact) mass is 417 g/mol. The van der Waals surface area contributed by atoms with Crippen LogP contribution in [0, 0.1) is 5.92 Å². The third-order valence-corrected chi connectivity index (χ3v) is 5.68. The van der Waals surface area contributed by atoms with E-state index in [4.69, 9.17) is 9.47 Å². The maximum Gasteiger partial charge on any atom is 0.243 e. The summed E-state index contributed by atoms with van der Waals surface area (Å²) in [5, 5.41) is 5.80. The molecule has 1 aliphatic heterocycles. The van der Waals surface area contributed by atoms with Gasteiger partial charge in [-0.25, -0.2) is 0 Å². The lowest BCUT2D eigenvalue weighted by molar-refractivity contribution is -0.134. The smallest absolute Gasteiger partial charge is 0.243 e. The van der Waals surface area contributed by atoms with Gasteiger partial charge in [0, 0.05) is 44.0 Å². The fraction of sp³-hybridized carbons (Fsp3) is 0.591. The second kappa shape index (κ2) is 9.82. The molecule has 1 heterocycles. The van der Waals surface area contributed by atoms with Crippen LogP contribution >= 0.6 is 0 Å². The van der Waals surface area contributed by atoms with E-state index in [2.05, 4.69) is 10.6 Å². The van der Waals surface area contributed by atoms with Gasteiger partial charge in [-0.05, 0) is 31.7 Å². The van der Waals surface area contributed by atoms with Gasteiger partial charge in [-0.15, -0.1) is 0 Å². The van der Waals surface area contributed by atoms with Gasteiger partial charge in [0.15, 0.2) is 11.5 Å². The largest absolute Gasteiger partial charge is 0.493 e. The highest BCUT2D eigenvalue weighted by molar-refractivity contribution is 5.87. The molecule has 30 heavy (non-hydrogen) atoms. The van der Waals surface area contributed by atoms with Crippen LogP contribution in [0.1, 0.15) is 38.2 Å². The third kappa shape index (κ3) is 5.43. The van der Waals surface area contributed by atoms with Crippen LogP contribution in [0.25, 0.3) is 0 Å². The minimum atomic E-state index is -0.727. The summed E-state index contributed by atoms with van der Waals surface area (Å²) in [6.07, 6.45) is 3.73. The van der Waals surface area contributed by atoms with Gasteiger partial charge < -0.3 is 25.0 Å². The molecule has 8 nitrogen and oxygen atoms in total. The molecule has 2 fully saturated rings. The van der Waals surface area contributed by atoms with Crippen molar-refractivity contribution in [3.8, 4) is 11.5 Å². The molecule has 1 aliphatic carbocycles. The van der Waals surface area contributed by atoms with Crippen molar-refractivity contribution < 1.29 is 23.9 Å². The zero-order chi connectivity index (χ0) is 21.7. The van der Waals surface area contributed by atoms with Gasteiger partial charge >= 0.3 is 0 Å². The van der Waals surface area contributed by atoms with Crippen molar-refractivity contribution in [1.29, 1.82) is 0 Å². The molecule has 0 aromatic heterocycles. The van der Waals surface area contributed by atoms with E-state index in [0.29, 0.717) is 24.6 Å². The van der Waals surface area contributed by atoms with Gasteiger partial charge in [0.1, 0.15) is 6.04 Å². The summed E-state index contributed by atoms with van der Waals surface area (Å²) in [5.41, 5.74) is 0.774. The highest BCUT2D eigenvalue weighted by Gasteiger charge is 2.35. The van der Waals surface area contributed by atoms with Gasteiger partial charge in [-0.1, -0.05) is 12.1 Å². The Morgan fingerprint density at radius 1 is 1.10 bits per heavy atom. The van der Waals surface area contributed by atoms with E-state index >= 15 is 0 Å². The van der Waals surface area contributed by atoms with Gasteiger partial charge in [-0.3, -0.25) is 14.4 Å². The average molecular weight is 418 g/mol. The number of nitrogens with zero attached hydrogens (tertiary/aromatic N) is 1. The van der Waals surface area contributed by atoms with Gasteiger partial charge in [0.2, 0.25) is 17.7 Å². The molecular formula is C22H31N3O5. The minimum absolute atomic E-state index is 0.00998. The average Bonchev–Trinajstić information content (AvgIpc) is 3.58. The Balaban J connectivity index is 1.62. The number of amides is 3. The molecule has 1 aromatic carbocycles. The standard InChI is InChI=1S/C22H31N3O5/c1-14(26)23-18(13-16-5-4-6-19(29-2)20(16)30-3)21(27)24-17-9-11-25(12-10-17)22(28)15-7-8-15/h4-6,15,17-18H,7-13H2,1-3H3,(H,23,26)(H,24,27)/t18-/m1/s1. The number of carbonyl (C=O) groups excluding carboxylic acids is 3. The second-order valence-corrected chi connectivity index (χ2v) is 7.99. The number of hydrogen-bond acceptors (Lipinski definition) is 5. The minimum Gasteiger partial charge on any atom is -0.493 e. The fourth-order valence-corrected chi connectivity index (χ4v) is 3.92. The number of likely N-dealkylation sites (tertiary alicyclic amines) is 1. The van der Waals surface area contributed by atoms with Gasteiger partial charge in [-0.2, -0.15) is 0 Å². The molecule has 1 saturated heterocycles. The molecule has 3 amide bonds. The van der Waals surface area contributed by atoms with Crippen LogP contribution in [-0.2, 0) is 20.8 Å². The van der Waals surface area contributed by atoms with E-state index < -0.39 is 6.04 Å². The van der Waals surface area contributed by atoms with Crippen LogP contribution in [0.2, 0.25) is 0 Å². The summed E-state index contributed by atoms with van der Waals surface area (Å²) in [6.45, 7) is 2.72. The van der Waals surface area contributed by atoms with Crippen molar-refractivity contribution in [2.45, 2.75) is 51.1 Å².